The zero-order valence-electron chi connectivity index (χ0n) is 15.7. The molecule has 152 valence electrons. The van der Waals surface area contributed by atoms with Crippen molar-refractivity contribution in [2.45, 2.75) is 6.42 Å². The van der Waals surface area contributed by atoms with Crippen molar-refractivity contribution < 1.29 is 27.9 Å². The van der Waals surface area contributed by atoms with Crippen LogP contribution in [0.4, 0.5) is 8.78 Å². The van der Waals surface area contributed by atoms with Crippen LogP contribution in [0.25, 0.3) is 0 Å². The van der Waals surface area contributed by atoms with E-state index in [1.54, 1.807) is 16.9 Å². The van der Waals surface area contributed by atoms with Crippen molar-refractivity contribution in [2.24, 2.45) is 5.92 Å². The Morgan fingerprint density at radius 3 is 2.43 bits per heavy atom. The normalized spacial score (nSPS) is 20.0. The molecule has 1 atom stereocenters. The average Bonchev–Trinajstić information content (AvgIpc) is 3.08. The number of halogens is 2. The molecule has 0 aliphatic carbocycles. The summed E-state index contributed by atoms with van der Waals surface area (Å²) in [7, 11) is 1.56. The molecule has 0 radical (unpaired) electrons. The standard InChI is InChI=1S/C19H23F2N3O4/c1-28-9-8-24-12-14(11-17(24)25)19(27)23-6-4-22(5-7-23)18(26)13-2-3-15(20)16(21)10-13/h2-3,10,14H,4-9,11-12H2,1H3. The lowest BCUT2D eigenvalue weighted by molar-refractivity contribution is -0.137. The van der Waals surface area contributed by atoms with Gasteiger partial charge in [-0.15, -0.1) is 0 Å². The first-order valence-electron chi connectivity index (χ1n) is 9.20. The smallest absolute Gasteiger partial charge is 0.254 e. The fraction of sp³-hybridized carbons (Fsp3) is 0.526. The number of likely N-dealkylation sites (tertiary alicyclic amines) is 1. The minimum atomic E-state index is -1.07. The number of ether oxygens (including phenoxy) is 1. The maximum Gasteiger partial charge on any atom is 0.254 e. The lowest BCUT2D eigenvalue weighted by Gasteiger charge is -2.36. The summed E-state index contributed by atoms with van der Waals surface area (Å²) in [6.07, 6.45) is 0.191. The predicted molar refractivity (Wildman–Crippen MR) is 95.4 cm³/mol. The van der Waals surface area contributed by atoms with E-state index in [-0.39, 0.29) is 29.7 Å². The Morgan fingerprint density at radius 1 is 1.11 bits per heavy atom. The van der Waals surface area contributed by atoms with Gasteiger partial charge < -0.3 is 19.4 Å². The summed E-state index contributed by atoms with van der Waals surface area (Å²) >= 11 is 0. The number of amides is 3. The maximum atomic E-state index is 13.4. The second kappa shape index (κ2) is 8.64. The van der Waals surface area contributed by atoms with Crippen LogP contribution in [0.2, 0.25) is 0 Å². The second-order valence-corrected chi connectivity index (χ2v) is 6.98. The molecule has 9 heteroatoms. The molecule has 2 aliphatic rings. The number of benzene rings is 1. The van der Waals surface area contributed by atoms with Crippen molar-refractivity contribution >= 4 is 17.7 Å². The summed E-state index contributed by atoms with van der Waals surface area (Å²) in [5.41, 5.74) is 0.0776. The van der Waals surface area contributed by atoms with Gasteiger partial charge in [-0.2, -0.15) is 0 Å². The maximum absolute atomic E-state index is 13.4. The highest BCUT2D eigenvalue weighted by Gasteiger charge is 2.37. The largest absolute Gasteiger partial charge is 0.383 e. The minimum Gasteiger partial charge on any atom is -0.383 e. The van der Waals surface area contributed by atoms with Crippen molar-refractivity contribution in [1.82, 2.24) is 14.7 Å². The topological polar surface area (TPSA) is 70.2 Å². The van der Waals surface area contributed by atoms with E-state index in [4.69, 9.17) is 4.74 Å². The summed E-state index contributed by atoms with van der Waals surface area (Å²) in [6, 6.07) is 3.06. The second-order valence-electron chi connectivity index (χ2n) is 6.98. The number of carbonyl (C=O) groups excluding carboxylic acids is 3. The lowest BCUT2D eigenvalue weighted by Crippen LogP contribution is -2.52. The van der Waals surface area contributed by atoms with Crippen molar-refractivity contribution in [3.63, 3.8) is 0 Å². The van der Waals surface area contributed by atoms with Gasteiger partial charge in [0.15, 0.2) is 11.6 Å². The van der Waals surface area contributed by atoms with Gasteiger partial charge in [0, 0.05) is 58.4 Å². The molecular weight excluding hydrogens is 372 g/mol. The van der Waals surface area contributed by atoms with Gasteiger partial charge in [-0.05, 0) is 18.2 Å². The van der Waals surface area contributed by atoms with Gasteiger partial charge in [0.25, 0.3) is 5.91 Å². The van der Waals surface area contributed by atoms with E-state index in [1.165, 1.54) is 11.0 Å². The fourth-order valence-electron chi connectivity index (χ4n) is 3.56. The molecule has 1 unspecified atom stereocenters. The molecule has 0 bridgehead atoms. The zero-order chi connectivity index (χ0) is 20.3. The highest BCUT2D eigenvalue weighted by Crippen LogP contribution is 2.21. The van der Waals surface area contributed by atoms with E-state index in [9.17, 15) is 23.2 Å². The molecule has 0 aromatic heterocycles. The molecule has 3 rings (SSSR count). The monoisotopic (exact) mass is 395 g/mol. The van der Waals surface area contributed by atoms with Gasteiger partial charge in [0.05, 0.1) is 12.5 Å². The highest BCUT2D eigenvalue weighted by atomic mass is 19.2. The summed E-state index contributed by atoms with van der Waals surface area (Å²) < 4.78 is 31.4. The molecule has 2 saturated heterocycles. The van der Waals surface area contributed by atoms with Crippen LogP contribution in [0.3, 0.4) is 0 Å². The predicted octanol–water partition coefficient (Wildman–Crippen LogP) is 0.744. The lowest BCUT2D eigenvalue weighted by atomic mass is 10.1. The van der Waals surface area contributed by atoms with E-state index in [0.717, 1.165) is 12.1 Å². The van der Waals surface area contributed by atoms with E-state index >= 15 is 0 Å². The first kappa shape index (κ1) is 20.2. The Kier molecular flexibility index (Phi) is 6.23. The number of piperazine rings is 1. The van der Waals surface area contributed by atoms with Gasteiger partial charge in [-0.25, -0.2) is 8.78 Å². The number of methoxy groups -OCH3 is 1. The summed E-state index contributed by atoms with van der Waals surface area (Å²) in [5.74, 6) is -2.98. The highest BCUT2D eigenvalue weighted by molar-refractivity contribution is 5.94. The fourth-order valence-corrected chi connectivity index (χ4v) is 3.56. The Labute approximate surface area is 161 Å². The molecular formula is C19H23F2N3O4. The van der Waals surface area contributed by atoms with Gasteiger partial charge in [0.1, 0.15) is 0 Å². The number of hydrogen-bond donors (Lipinski definition) is 0. The van der Waals surface area contributed by atoms with Crippen molar-refractivity contribution in [2.75, 3.05) is 53.0 Å². The quantitative estimate of drug-likeness (QED) is 0.738. The van der Waals surface area contributed by atoms with Crippen LogP contribution >= 0.6 is 0 Å². The van der Waals surface area contributed by atoms with Crippen molar-refractivity contribution in [3.05, 3.63) is 35.4 Å². The SMILES string of the molecule is COCCN1CC(C(=O)N2CCN(C(=O)c3ccc(F)c(F)c3)CC2)CC1=O. The molecule has 3 amide bonds. The van der Waals surface area contributed by atoms with E-state index in [0.29, 0.717) is 45.9 Å². The third-order valence-electron chi connectivity index (χ3n) is 5.17. The van der Waals surface area contributed by atoms with E-state index in [2.05, 4.69) is 0 Å². The Morgan fingerprint density at radius 2 is 1.79 bits per heavy atom. The summed E-state index contributed by atoms with van der Waals surface area (Å²) in [5, 5.41) is 0. The van der Waals surface area contributed by atoms with Crippen molar-refractivity contribution in [1.29, 1.82) is 0 Å². The minimum absolute atomic E-state index is 0.0532. The third kappa shape index (κ3) is 4.30. The zero-order valence-corrected chi connectivity index (χ0v) is 15.7. The van der Waals surface area contributed by atoms with Crippen LogP contribution in [-0.2, 0) is 14.3 Å². The molecule has 0 spiro atoms. The molecule has 0 N–H and O–H groups in total. The summed E-state index contributed by atoms with van der Waals surface area (Å²) in [4.78, 5) is 42.0. The first-order chi connectivity index (χ1) is 13.4. The van der Waals surface area contributed by atoms with Gasteiger partial charge in [0.2, 0.25) is 11.8 Å². The molecule has 2 fully saturated rings. The van der Waals surface area contributed by atoms with Gasteiger partial charge in [-0.3, -0.25) is 14.4 Å². The number of hydrogen-bond acceptors (Lipinski definition) is 4. The number of rotatable bonds is 5. The van der Waals surface area contributed by atoms with E-state index < -0.39 is 17.5 Å². The average molecular weight is 395 g/mol. The van der Waals surface area contributed by atoms with Gasteiger partial charge >= 0.3 is 0 Å². The first-order valence-corrected chi connectivity index (χ1v) is 9.20. The van der Waals surface area contributed by atoms with Crippen LogP contribution in [0.15, 0.2) is 18.2 Å². The molecule has 0 saturated carbocycles. The molecule has 2 heterocycles. The van der Waals surface area contributed by atoms with Crippen molar-refractivity contribution in [3.8, 4) is 0 Å². The molecule has 1 aromatic rings. The number of carbonyl (C=O) groups is 3. The molecule has 7 nitrogen and oxygen atoms in total. The molecule has 28 heavy (non-hydrogen) atoms. The molecule has 1 aromatic carbocycles. The summed E-state index contributed by atoms with van der Waals surface area (Å²) in [6.45, 7) is 2.57. The van der Waals surface area contributed by atoms with Crippen LogP contribution in [-0.4, -0.2) is 85.4 Å². The number of nitrogens with zero attached hydrogens (tertiary/aromatic N) is 3. The van der Waals surface area contributed by atoms with Crippen LogP contribution in [0.1, 0.15) is 16.8 Å². The van der Waals surface area contributed by atoms with Crippen LogP contribution in [0.5, 0.6) is 0 Å². The Bertz CT molecular complexity index is 766. The van der Waals surface area contributed by atoms with Gasteiger partial charge in [-0.1, -0.05) is 0 Å². The third-order valence-corrected chi connectivity index (χ3v) is 5.17. The van der Waals surface area contributed by atoms with Crippen LogP contribution < -0.4 is 0 Å². The Balaban J connectivity index is 1.53. The van der Waals surface area contributed by atoms with E-state index in [1.807, 2.05) is 0 Å². The molecule has 2 aliphatic heterocycles. The van der Waals surface area contributed by atoms with Crippen LogP contribution in [0, 0.1) is 17.6 Å². The Hall–Kier alpha value is -2.55.